The molecule has 0 saturated carbocycles. The number of phenols is 1. The second-order valence-electron chi connectivity index (χ2n) is 20.5. The fraction of sp³-hybridized carbons (Fsp3) is 0.569. The van der Waals surface area contributed by atoms with Crippen LogP contribution in [-0.2, 0) is 70.4 Å². The van der Waals surface area contributed by atoms with Crippen LogP contribution in [-0.4, -0.2) is 180 Å². The fourth-order valence-corrected chi connectivity index (χ4v) is 7.98. The predicted molar refractivity (Wildman–Crippen MR) is 293 cm³/mol. The Bertz CT molecular complexity index is 2580. The van der Waals surface area contributed by atoms with Crippen LogP contribution in [0.15, 0.2) is 41.8 Å². The molecule has 0 aliphatic heterocycles. The molecule has 1 aromatic carbocycles. The summed E-state index contributed by atoms with van der Waals surface area (Å²) in [5.41, 5.74) is 22.5. The first-order valence-electron chi connectivity index (χ1n) is 26.5. The van der Waals surface area contributed by atoms with Crippen molar-refractivity contribution in [1.29, 1.82) is 0 Å². The molecule has 2 rings (SSSR count). The molecule has 460 valence electrons. The quantitative estimate of drug-likeness (QED) is 0.0171. The van der Waals surface area contributed by atoms with Crippen LogP contribution in [0.5, 0.6) is 5.75 Å². The molecule has 32 heteroatoms. The number of rotatable bonds is 38. The number of carbonyl (C=O) groups excluding carboxylic acids is 9. The Morgan fingerprint density at radius 1 is 0.566 bits per heavy atom. The van der Waals surface area contributed by atoms with Crippen LogP contribution >= 0.6 is 0 Å². The Morgan fingerprint density at radius 2 is 1.05 bits per heavy atom. The number of aromatic amines is 1. The van der Waals surface area contributed by atoms with Crippen LogP contribution in [0.25, 0.3) is 0 Å². The number of amides is 9. The third-order valence-electron chi connectivity index (χ3n) is 12.3. The number of aliphatic imine (C=N–C) groups is 1. The topological polar surface area (TPSA) is 547 Å². The molecule has 1 aromatic heterocycles. The van der Waals surface area contributed by atoms with E-state index in [4.69, 9.17) is 22.9 Å². The number of benzene rings is 1. The highest BCUT2D eigenvalue weighted by atomic mass is 16.4. The molecule has 0 saturated heterocycles. The van der Waals surface area contributed by atoms with Crippen molar-refractivity contribution in [3.63, 3.8) is 0 Å². The lowest BCUT2D eigenvalue weighted by Gasteiger charge is -2.29. The molecule has 0 fully saturated rings. The van der Waals surface area contributed by atoms with Crippen LogP contribution in [0.2, 0.25) is 0 Å². The molecule has 0 bridgehead atoms. The summed E-state index contributed by atoms with van der Waals surface area (Å²) in [5.74, 6) is -14.9. The summed E-state index contributed by atoms with van der Waals surface area (Å²) in [6.45, 7) is 7.77. The summed E-state index contributed by atoms with van der Waals surface area (Å²) in [5, 5.41) is 69.2. The van der Waals surface area contributed by atoms with Crippen molar-refractivity contribution < 1.29 is 83.1 Å². The number of aromatic nitrogens is 2. The number of imidazole rings is 1. The van der Waals surface area contributed by atoms with Crippen LogP contribution in [0.1, 0.15) is 104 Å². The summed E-state index contributed by atoms with van der Waals surface area (Å²) >= 11 is 0. The zero-order valence-corrected chi connectivity index (χ0v) is 46.7. The van der Waals surface area contributed by atoms with Crippen molar-refractivity contribution in [2.75, 3.05) is 6.54 Å². The van der Waals surface area contributed by atoms with E-state index in [1.807, 2.05) is 0 Å². The number of H-pyrrole nitrogens is 1. The number of aromatic hydroxyl groups is 1. The zero-order valence-electron chi connectivity index (χ0n) is 46.7. The second-order valence-corrected chi connectivity index (χ2v) is 20.5. The molecule has 2 aromatic rings. The first-order valence-corrected chi connectivity index (χ1v) is 26.5. The molecule has 0 spiro atoms. The molecule has 1 heterocycles. The number of phenolic OH excluding ortho intramolecular Hbond substituents is 1. The number of hydrogen-bond acceptors (Lipinski definition) is 17. The number of hydrogen-bond donors (Lipinski definition) is 18. The van der Waals surface area contributed by atoms with E-state index in [2.05, 4.69) is 57.5 Å². The third kappa shape index (κ3) is 26.9. The van der Waals surface area contributed by atoms with E-state index in [1.54, 1.807) is 27.7 Å². The van der Waals surface area contributed by atoms with Crippen LogP contribution in [0, 0.1) is 11.8 Å². The molecule has 0 aliphatic carbocycles. The minimum Gasteiger partial charge on any atom is -0.508 e. The summed E-state index contributed by atoms with van der Waals surface area (Å²) in [4.78, 5) is 169. The van der Waals surface area contributed by atoms with Gasteiger partial charge >= 0.3 is 17.9 Å². The normalized spacial score (nSPS) is 14.7. The molecule has 83 heavy (non-hydrogen) atoms. The minimum absolute atomic E-state index is 0.0179. The van der Waals surface area contributed by atoms with E-state index in [9.17, 15) is 83.1 Å². The van der Waals surface area contributed by atoms with Gasteiger partial charge in [0.15, 0.2) is 5.96 Å². The predicted octanol–water partition coefficient (Wildman–Crippen LogP) is -4.68. The average molecular weight is 1170 g/mol. The molecular weight excluding hydrogens is 1090 g/mol. The van der Waals surface area contributed by atoms with Crippen molar-refractivity contribution in [3.05, 3.63) is 48.0 Å². The maximum atomic E-state index is 14.4. The van der Waals surface area contributed by atoms with Gasteiger partial charge in [0.1, 0.15) is 54.1 Å². The van der Waals surface area contributed by atoms with Crippen LogP contribution in [0.4, 0.5) is 0 Å². The third-order valence-corrected chi connectivity index (χ3v) is 12.3. The van der Waals surface area contributed by atoms with Gasteiger partial charge in [0.05, 0.1) is 24.9 Å². The molecule has 0 unspecified atom stereocenters. The Balaban J connectivity index is 2.50. The number of carboxylic acid groups (broad SMARTS) is 3. The zero-order chi connectivity index (χ0) is 62.7. The Kier molecular flexibility index (Phi) is 29.6. The van der Waals surface area contributed by atoms with Gasteiger partial charge in [-0.1, -0.05) is 39.8 Å². The lowest BCUT2D eigenvalue weighted by molar-refractivity contribution is -0.142. The minimum atomic E-state index is -1.98. The van der Waals surface area contributed by atoms with Gasteiger partial charge in [-0.3, -0.25) is 57.7 Å². The van der Waals surface area contributed by atoms with Crippen molar-refractivity contribution in [1.82, 2.24) is 52.5 Å². The first kappa shape index (κ1) is 70.2. The highest BCUT2D eigenvalue weighted by Gasteiger charge is 2.37. The van der Waals surface area contributed by atoms with Crippen molar-refractivity contribution in [2.45, 2.75) is 166 Å². The number of nitrogens with zero attached hydrogens (tertiary/aromatic N) is 2. The van der Waals surface area contributed by atoms with Crippen molar-refractivity contribution in [2.24, 2.45) is 39.8 Å². The van der Waals surface area contributed by atoms with Gasteiger partial charge in [-0.25, -0.2) is 9.78 Å². The van der Waals surface area contributed by atoms with Crippen molar-refractivity contribution in [3.8, 4) is 5.75 Å². The number of nitrogens with one attached hydrogen (secondary N) is 9. The maximum absolute atomic E-state index is 14.4. The molecule has 0 aliphatic rings. The van der Waals surface area contributed by atoms with E-state index < -0.39 is 151 Å². The van der Waals surface area contributed by atoms with Gasteiger partial charge in [-0.15, -0.1) is 0 Å². The standard InChI is InChI=1S/C51H79N15O17/c1-24(2)17-33(61-44(76)32(13-15-39(70)71)59-42(74)30(52)12-14-38(53)69)45(77)64-36(21-40(72)73)47(79)63-35(19-27-8-10-29(68)11-9-27)46(78)62-34(18-25(3)4)48(80)66-41(26(5)67)49(81)60-31(7-6-16-57-51(54)55)43(75)65-37(50(82)83)20-28-22-56-23-58-28/h8-11,22-26,30-37,41,67-68H,6-7,12-21,52H2,1-5H3,(H2,53,69)(H,56,58)(H,59,74)(H,60,81)(H,61,76)(H,62,78)(H,63,79)(H,64,77)(H,65,75)(H,66,80)(H,70,71)(H,72,73)(H,82,83)(H4,54,55,57)/t26-,30+,31+,32+,33+,34+,35+,36+,37+,41+/m1/s1. The Labute approximate surface area is 477 Å². The molecule has 10 atom stereocenters. The van der Waals surface area contributed by atoms with E-state index in [1.165, 1.54) is 36.8 Å². The van der Waals surface area contributed by atoms with E-state index in [0.717, 1.165) is 6.92 Å². The highest BCUT2D eigenvalue weighted by Crippen LogP contribution is 2.15. The van der Waals surface area contributed by atoms with Gasteiger partial charge in [-0.05, 0) is 75.0 Å². The van der Waals surface area contributed by atoms with Gasteiger partial charge in [0.2, 0.25) is 53.2 Å². The molecular formula is C51H79N15O17. The Morgan fingerprint density at radius 3 is 1.54 bits per heavy atom. The monoisotopic (exact) mass is 1170 g/mol. The summed E-state index contributed by atoms with van der Waals surface area (Å²) in [7, 11) is 0. The van der Waals surface area contributed by atoms with Gasteiger partial charge < -0.3 is 96.0 Å². The number of aliphatic carboxylic acids is 3. The summed E-state index contributed by atoms with van der Waals surface area (Å²) < 4.78 is 0. The van der Waals surface area contributed by atoms with E-state index >= 15 is 0 Å². The number of carboxylic acids is 3. The largest absolute Gasteiger partial charge is 0.508 e. The summed E-state index contributed by atoms with van der Waals surface area (Å²) in [6, 6.07) is -9.24. The average Bonchev–Trinajstić information content (AvgIpc) is 3.98. The molecule has 22 N–H and O–H groups in total. The number of aliphatic hydroxyl groups excluding tert-OH is 1. The number of primary amides is 1. The smallest absolute Gasteiger partial charge is 0.326 e. The van der Waals surface area contributed by atoms with Gasteiger partial charge in [0, 0.05) is 44.1 Å². The SMILES string of the molecule is CC(C)C[C@H](NC(=O)[C@H](CCC(=O)O)NC(=O)[C@@H](N)CCC(N)=O)C(=O)N[C@@H](CC(=O)O)C(=O)N[C@@H](Cc1ccc(O)cc1)C(=O)N[C@@H](CC(C)C)C(=O)N[C@H](C(=O)N[C@@H](CCCN=C(N)N)C(=O)N[C@@H](Cc1cnc[nH]1)C(=O)O)[C@@H](C)O. The number of nitrogens with two attached hydrogens (primary N) is 4. The van der Waals surface area contributed by atoms with E-state index in [-0.39, 0.29) is 81.5 Å². The number of aliphatic hydroxyl groups is 1. The van der Waals surface area contributed by atoms with Crippen LogP contribution in [0.3, 0.4) is 0 Å². The molecule has 9 amide bonds. The fourth-order valence-electron chi connectivity index (χ4n) is 7.98. The van der Waals surface area contributed by atoms with E-state index in [0.29, 0.717) is 11.3 Å². The highest BCUT2D eigenvalue weighted by molar-refractivity contribution is 5.99. The lowest BCUT2D eigenvalue weighted by atomic mass is 9.99. The molecule has 0 radical (unpaired) electrons. The lowest BCUT2D eigenvalue weighted by Crippen LogP contribution is -2.62. The maximum Gasteiger partial charge on any atom is 0.326 e. The second kappa shape index (κ2) is 35.0. The Hall–Kier alpha value is -8.94. The van der Waals surface area contributed by atoms with Gasteiger partial charge in [0.25, 0.3) is 0 Å². The number of guanidine groups is 1. The van der Waals surface area contributed by atoms with Crippen LogP contribution < -0.4 is 65.5 Å². The van der Waals surface area contributed by atoms with Gasteiger partial charge in [-0.2, -0.15) is 0 Å². The van der Waals surface area contributed by atoms with Crippen molar-refractivity contribution >= 4 is 77.0 Å². The first-order chi connectivity index (χ1) is 38.9. The molecule has 32 nitrogen and oxygen atoms in total. The number of carbonyl (C=O) groups is 12. The summed E-state index contributed by atoms with van der Waals surface area (Å²) in [6.07, 6.45) is -2.78.